The van der Waals surface area contributed by atoms with E-state index in [9.17, 15) is 9.59 Å². The summed E-state index contributed by atoms with van der Waals surface area (Å²) in [7, 11) is 0. The molecule has 0 aromatic carbocycles. The van der Waals surface area contributed by atoms with E-state index in [0.29, 0.717) is 37.4 Å². The van der Waals surface area contributed by atoms with E-state index in [-0.39, 0.29) is 17.9 Å². The van der Waals surface area contributed by atoms with E-state index in [1.807, 2.05) is 0 Å². The Bertz CT molecular complexity index is 484. The van der Waals surface area contributed by atoms with Crippen molar-refractivity contribution in [2.45, 2.75) is 144 Å². The van der Waals surface area contributed by atoms with Gasteiger partial charge in [-0.3, -0.25) is 9.59 Å². The summed E-state index contributed by atoms with van der Waals surface area (Å²) in [6, 6.07) is 0. The van der Waals surface area contributed by atoms with Gasteiger partial charge in [-0.15, -0.1) is 0 Å². The van der Waals surface area contributed by atoms with Crippen LogP contribution in [0.2, 0.25) is 0 Å². The average Bonchev–Trinajstić information content (AvgIpc) is 2.76. The first-order valence-corrected chi connectivity index (χ1v) is 14.6. The van der Waals surface area contributed by atoms with E-state index in [1.54, 1.807) is 0 Å². The fraction of sp³-hybridized carbons (Fsp3) is 0.933. The smallest absolute Gasteiger partial charge is 0.309 e. The number of carbonyl (C=O) groups is 2. The summed E-state index contributed by atoms with van der Waals surface area (Å²) in [5.41, 5.74) is 0. The Hall–Kier alpha value is -1.06. The van der Waals surface area contributed by atoms with Crippen LogP contribution in [0.15, 0.2) is 0 Å². The predicted octanol–water partition coefficient (Wildman–Crippen LogP) is 8.90. The van der Waals surface area contributed by atoms with Crippen LogP contribution in [0.3, 0.4) is 0 Å². The standard InChI is InChI=1S/C30H58O4/c1-25(2)19-17-23-33-29(31)22-16-14-12-10-8-7-9-11-13-15-21-28(27(5)6)30(32)34-24-18-20-26(3)4/h25-28H,7-24H2,1-6H3. The van der Waals surface area contributed by atoms with Crippen LogP contribution in [0.1, 0.15) is 144 Å². The summed E-state index contributed by atoms with van der Waals surface area (Å²) in [6.07, 6.45) is 17.8. The third kappa shape index (κ3) is 21.5. The summed E-state index contributed by atoms with van der Waals surface area (Å²) in [5, 5.41) is 0. The molecule has 0 aliphatic carbocycles. The van der Waals surface area contributed by atoms with Crippen LogP contribution in [0.25, 0.3) is 0 Å². The molecule has 0 saturated carbocycles. The highest BCUT2D eigenvalue weighted by Gasteiger charge is 2.23. The summed E-state index contributed by atoms with van der Waals surface area (Å²) in [6.45, 7) is 14.2. The summed E-state index contributed by atoms with van der Waals surface area (Å²) in [4.78, 5) is 24.1. The minimum absolute atomic E-state index is 0.0122. The Morgan fingerprint density at radius 2 is 0.971 bits per heavy atom. The molecule has 0 aliphatic heterocycles. The highest BCUT2D eigenvalue weighted by molar-refractivity contribution is 5.72. The van der Waals surface area contributed by atoms with Gasteiger partial charge in [-0.1, -0.05) is 99.3 Å². The number of ether oxygens (including phenoxy) is 2. The van der Waals surface area contributed by atoms with Crippen LogP contribution >= 0.6 is 0 Å². The molecule has 0 radical (unpaired) electrons. The third-order valence-corrected chi connectivity index (χ3v) is 6.61. The molecule has 0 spiro atoms. The van der Waals surface area contributed by atoms with Crippen molar-refractivity contribution < 1.29 is 19.1 Å². The second kappa shape index (κ2) is 22.4. The third-order valence-electron chi connectivity index (χ3n) is 6.61. The first kappa shape index (κ1) is 32.9. The van der Waals surface area contributed by atoms with Crippen molar-refractivity contribution in [2.24, 2.45) is 23.7 Å². The second-order valence-electron chi connectivity index (χ2n) is 11.4. The first-order chi connectivity index (χ1) is 16.2. The Kier molecular flexibility index (Phi) is 21.7. The Morgan fingerprint density at radius 1 is 0.529 bits per heavy atom. The summed E-state index contributed by atoms with van der Waals surface area (Å²) in [5.74, 6) is 1.73. The second-order valence-corrected chi connectivity index (χ2v) is 11.4. The highest BCUT2D eigenvalue weighted by Crippen LogP contribution is 2.22. The molecule has 34 heavy (non-hydrogen) atoms. The molecule has 0 aliphatic rings. The van der Waals surface area contributed by atoms with Crippen LogP contribution in [0.5, 0.6) is 0 Å². The maximum Gasteiger partial charge on any atom is 0.309 e. The van der Waals surface area contributed by atoms with E-state index in [2.05, 4.69) is 41.5 Å². The summed E-state index contributed by atoms with van der Waals surface area (Å²) >= 11 is 0. The lowest BCUT2D eigenvalue weighted by Crippen LogP contribution is -2.23. The van der Waals surface area contributed by atoms with Crippen molar-refractivity contribution in [1.82, 2.24) is 0 Å². The Morgan fingerprint density at radius 3 is 1.44 bits per heavy atom. The zero-order valence-electron chi connectivity index (χ0n) is 23.7. The molecule has 0 amide bonds. The SMILES string of the molecule is CC(C)CCCOC(=O)CCCCCCCCCCCCC(C(=O)OCCCC(C)C)C(C)C. The normalized spacial score (nSPS) is 12.5. The molecule has 0 bridgehead atoms. The predicted molar refractivity (Wildman–Crippen MR) is 144 cm³/mol. The van der Waals surface area contributed by atoms with Gasteiger partial charge in [0.2, 0.25) is 0 Å². The van der Waals surface area contributed by atoms with Crippen LogP contribution in [-0.4, -0.2) is 25.2 Å². The maximum absolute atomic E-state index is 12.4. The van der Waals surface area contributed by atoms with Crippen molar-refractivity contribution in [2.75, 3.05) is 13.2 Å². The van der Waals surface area contributed by atoms with Crippen LogP contribution in [-0.2, 0) is 19.1 Å². The van der Waals surface area contributed by atoms with Crippen molar-refractivity contribution in [1.29, 1.82) is 0 Å². The van der Waals surface area contributed by atoms with Gasteiger partial charge < -0.3 is 9.47 Å². The molecule has 0 saturated heterocycles. The van der Waals surface area contributed by atoms with Gasteiger partial charge in [0, 0.05) is 6.42 Å². The van der Waals surface area contributed by atoms with Crippen LogP contribution in [0, 0.1) is 23.7 Å². The molecular formula is C30H58O4. The van der Waals surface area contributed by atoms with E-state index < -0.39 is 0 Å². The monoisotopic (exact) mass is 482 g/mol. The minimum Gasteiger partial charge on any atom is -0.466 e. The minimum atomic E-state index is -0.0251. The molecule has 0 rings (SSSR count). The van der Waals surface area contributed by atoms with Gasteiger partial charge in [-0.2, -0.15) is 0 Å². The van der Waals surface area contributed by atoms with Crippen molar-refractivity contribution in [3.63, 3.8) is 0 Å². The van der Waals surface area contributed by atoms with Gasteiger partial charge in [0.1, 0.15) is 0 Å². The van der Waals surface area contributed by atoms with E-state index in [1.165, 1.54) is 44.9 Å². The molecular weight excluding hydrogens is 424 g/mol. The zero-order valence-corrected chi connectivity index (χ0v) is 23.7. The molecule has 4 nitrogen and oxygen atoms in total. The van der Waals surface area contributed by atoms with Gasteiger partial charge in [-0.05, 0) is 56.3 Å². The fourth-order valence-corrected chi connectivity index (χ4v) is 4.29. The lowest BCUT2D eigenvalue weighted by Gasteiger charge is -2.19. The first-order valence-electron chi connectivity index (χ1n) is 14.6. The van der Waals surface area contributed by atoms with Crippen LogP contribution < -0.4 is 0 Å². The summed E-state index contributed by atoms with van der Waals surface area (Å²) < 4.78 is 10.8. The maximum atomic E-state index is 12.4. The highest BCUT2D eigenvalue weighted by atomic mass is 16.5. The molecule has 0 N–H and O–H groups in total. The molecule has 202 valence electrons. The Balaban J connectivity index is 3.57. The number of hydrogen-bond acceptors (Lipinski definition) is 4. The average molecular weight is 483 g/mol. The van der Waals surface area contributed by atoms with Gasteiger partial charge >= 0.3 is 11.9 Å². The van der Waals surface area contributed by atoms with Gasteiger partial charge in [0.05, 0.1) is 19.1 Å². The lowest BCUT2D eigenvalue weighted by atomic mass is 9.90. The van der Waals surface area contributed by atoms with Crippen molar-refractivity contribution >= 4 is 11.9 Å². The number of carbonyl (C=O) groups excluding carboxylic acids is 2. The molecule has 1 unspecified atom stereocenters. The molecule has 1 atom stereocenters. The van der Waals surface area contributed by atoms with E-state index in [0.717, 1.165) is 51.4 Å². The molecule has 0 fully saturated rings. The lowest BCUT2D eigenvalue weighted by molar-refractivity contribution is -0.150. The number of hydrogen-bond donors (Lipinski definition) is 0. The van der Waals surface area contributed by atoms with Gasteiger partial charge in [0.25, 0.3) is 0 Å². The topological polar surface area (TPSA) is 52.6 Å². The van der Waals surface area contributed by atoms with Crippen molar-refractivity contribution in [3.8, 4) is 0 Å². The van der Waals surface area contributed by atoms with E-state index >= 15 is 0 Å². The number of rotatable bonds is 23. The molecule has 0 aromatic heterocycles. The van der Waals surface area contributed by atoms with E-state index in [4.69, 9.17) is 9.47 Å². The van der Waals surface area contributed by atoms with Gasteiger partial charge in [0.15, 0.2) is 0 Å². The molecule has 0 aromatic rings. The van der Waals surface area contributed by atoms with Crippen molar-refractivity contribution in [3.05, 3.63) is 0 Å². The molecule has 4 heteroatoms. The fourth-order valence-electron chi connectivity index (χ4n) is 4.29. The number of unbranched alkanes of at least 4 members (excludes halogenated alkanes) is 9. The Labute approximate surface area is 212 Å². The quantitative estimate of drug-likeness (QED) is 0.108. The van der Waals surface area contributed by atoms with Crippen LogP contribution in [0.4, 0.5) is 0 Å². The zero-order chi connectivity index (χ0) is 25.6. The molecule has 0 heterocycles. The number of esters is 2. The largest absolute Gasteiger partial charge is 0.466 e. The van der Waals surface area contributed by atoms with Gasteiger partial charge in [-0.25, -0.2) is 0 Å².